The Morgan fingerprint density at radius 2 is 2.50 bits per heavy atom. The molecule has 1 aromatic rings. The Hall–Kier alpha value is -1.32. The highest BCUT2D eigenvalue weighted by Crippen LogP contribution is 2.18. The standard InChI is InChI=1S/C8H11N3O/c1-5-4-7(11-10-5)8(12)9-6-2-3-6/h4,6H,2-3H2,1H3,(H,9,12)(H,10,11). The molecular weight excluding hydrogens is 154 g/mol. The number of carbonyl (C=O) groups excluding carboxylic acids is 1. The second-order valence-corrected chi connectivity index (χ2v) is 3.18. The van der Waals surface area contributed by atoms with Crippen molar-refractivity contribution in [3.63, 3.8) is 0 Å². The van der Waals surface area contributed by atoms with Crippen molar-refractivity contribution in [2.75, 3.05) is 0 Å². The molecule has 0 aliphatic heterocycles. The van der Waals surface area contributed by atoms with Gasteiger partial charge >= 0.3 is 0 Å². The molecule has 0 atom stereocenters. The normalized spacial score (nSPS) is 16.1. The van der Waals surface area contributed by atoms with E-state index in [9.17, 15) is 4.79 Å². The predicted octanol–water partition coefficient (Wildman–Crippen LogP) is 0.610. The molecule has 0 saturated heterocycles. The van der Waals surface area contributed by atoms with E-state index in [2.05, 4.69) is 15.5 Å². The maximum Gasteiger partial charge on any atom is 0.271 e. The largest absolute Gasteiger partial charge is 0.348 e. The fourth-order valence-corrected chi connectivity index (χ4v) is 1.02. The zero-order chi connectivity index (χ0) is 8.55. The molecule has 0 bridgehead atoms. The number of hydrogen-bond acceptors (Lipinski definition) is 2. The minimum absolute atomic E-state index is 0.0677. The number of nitrogens with one attached hydrogen (secondary N) is 2. The van der Waals surface area contributed by atoms with Crippen LogP contribution in [-0.2, 0) is 0 Å². The molecule has 1 aliphatic rings. The van der Waals surface area contributed by atoms with Gasteiger partial charge in [0.15, 0.2) is 0 Å². The summed E-state index contributed by atoms with van der Waals surface area (Å²) in [5.74, 6) is -0.0677. The van der Waals surface area contributed by atoms with E-state index in [1.807, 2.05) is 6.92 Å². The number of aromatic nitrogens is 2. The maximum absolute atomic E-state index is 11.3. The van der Waals surface area contributed by atoms with Gasteiger partial charge in [-0.05, 0) is 25.8 Å². The van der Waals surface area contributed by atoms with Crippen molar-refractivity contribution in [1.29, 1.82) is 0 Å². The summed E-state index contributed by atoms with van der Waals surface area (Å²) in [6.45, 7) is 1.88. The Balaban J connectivity index is 2.03. The van der Waals surface area contributed by atoms with Gasteiger partial charge in [-0.1, -0.05) is 0 Å². The minimum Gasteiger partial charge on any atom is -0.348 e. The molecule has 4 nitrogen and oxygen atoms in total. The number of H-pyrrole nitrogens is 1. The number of aromatic amines is 1. The first-order valence-corrected chi connectivity index (χ1v) is 4.08. The van der Waals surface area contributed by atoms with Crippen molar-refractivity contribution >= 4 is 5.91 Å². The molecular formula is C8H11N3O. The van der Waals surface area contributed by atoms with Crippen molar-refractivity contribution in [2.24, 2.45) is 0 Å². The van der Waals surface area contributed by atoms with Crippen molar-refractivity contribution in [2.45, 2.75) is 25.8 Å². The molecule has 2 N–H and O–H groups in total. The second-order valence-electron chi connectivity index (χ2n) is 3.18. The minimum atomic E-state index is -0.0677. The van der Waals surface area contributed by atoms with E-state index in [4.69, 9.17) is 0 Å². The summed E-state index contributed by atoms with van der Waals surface area (Å²) in [5.41, 5.74) is 1.40. The topological polar surface area (TPSA) is 57.8 Å². The first-order valence-electron chi connectivity index (χ1n) is 4.08. The predicted molar refractivity (Wildman–Crippen MR) is 43.8 cm³/mol. The number of aryl methyl sites for hydroxylation is 1. The Labute approximate surface area is 70.4 Å². The van der Waals surface area contributed by atoms with Gasteiger partial charge in [0.2, 0.25) is 0 Å². The second kappa shape index (κ2) is 2.62. The molecule has 1 aliphatic carbocycles. The van der Waals surface area contributed by atoms with Gasteiger partial charge in [-0.2, -0.15) is 5.10 Å². The van der Waals surface area contributed by atoms with Gasteiger partial charge in [0, 0.05) is 11.7 Å². The Kier molecular flexibility index (Phi) is 1.60. The van der Waals surface area contributed by atoms with E-state index in [1.54, 1.807) is 6.07 Å². The zero-order valence-electron chi connectivity index (χ0n) is 6.92. The third kappa shape index (κ3) is 1.47. The lowest BCUT2D eigenvalue weighted by Gasteiger charge is -1.97. The Morgan fingerprint density at radius 3 is 3.00 bits per heavy atom. The monoisotopic (exact) mass is 165 g/mol. The van der Waals surface area contributed by atoms with Crippen LogP contribution in [0, 0.1) is 6.92 Å². The van der Waals surface area contributed by atoms with E-state index in [0.717, 1.165) is 18.5 Å². The molecule has 1 fully saturated rings. The summed E-state index contributed by atoms with van der Waals surface area (Å²) in [4.78, 5) is 11.3. The van der Waals surface area contributed by atoms with Gasteiger partial charge in [0.1, 0.15) is 5.69 Å². The van der Waals surface area contributed by atoms with E-state index < -0.39 is 0 Å². The van der Waals surface area contributed by atoms with E-state index >= 15 is 0 Å². The van der Waals surface area contributed by atoms with Crippen LogP contribution in [0.25, 0.3) is 0 Å². The highest BCUT2D eigenvalue weighted by Gasteiger charge is 2.24. The molecule has 0 radical (unpaired) electrons. The third-order valence-corrected chi connectivity index (χ3v) is 1.85. The number of nitrogens with zero attached hydrogens (tertiary/aromatic N) is 1. The van der Waals surface area contributed by atoms with Gasteiger partial charge in [0.05, 0.1) is 0 Å². The lowest BCUT2D eigenvalue weighted by atomic mass is 10.3. The van der Waals surface area contributed by atoms with Gasteiger partial charge < -0.3 is 5.32 Å². The quantitative estimate of drug-likeness (QED) is 0.674. The van der Waals surface area contributed by atoms with Gasteiger partial charge in [-0.3, -0.25) is 9.89 Å². The molecule has 1 heterocycles. The van der Waals surface area contributed by atoms with Crippen LogP contribution >= 0.6 is 0 Å². The van der Waals surface area contributed by atoms with Crippen LogP contribution in [0.2, 0.25) is 0 Å². The fraction of sp³-hybridized carbons (Fsp3) is 0.500. The van der Waals surface area contributed by atoms with Gasteiger partial charge in [-0.15, -0.1) is 0 Å². The average molecular weight is 165 g/mol. The maximum atomic E-state index is 11.3. The summed E-state index contributed by atoms with van der Waals surface area (Å²) in [7, 11) is 0. The molecule has 0 aromatic carbocycles. The van der Waals surface area contributed by atoms with Crippen LogP contribution in [-0.4, -0.2) is 22.1 Å². The van der Waals surface area contributed by atoms with Crippen molar-refractivity contribution < 1.29 is 4.79 Å². The van der Waals surface area contributed by atoms with E-state index in [0.29, 0.717) is 11.7 Å². The molecule has 0 unspecified atom stereocenters. The summed E-state index contributed by atoms with van der Waals surface area (Å²) >= 11 is 0. The van der Waals surface area contributed by atoms with Gasteiger partial charge in [0.25, 0.3) is 5.91 Å². The third-order valence-electron chi connectivity index (χ3n) is 1.85. The molecule has 2 rings (SSSR count). The highest BCUT2D eigenvalue weighted by molar-refractivity contribution is 5.92. The molecule has 1 aromatic heterocycles. The van der Waals surface area contributed by atoms with Crippen LogP contribution in [0.15, 0.2) is 6.07 Å². The van der Waals surface area contributed by atoms with E-state index in [1.165, 1.54) is 0 Å². The molecule has 1 amide bonds. The smallest absolute Gasteiger partial charge is 0.271 e. The Bertz CT molecular complexity index is 301. The first-order chi connectivity index (χ1) is 5.75. The summed E-state index contributed by atoms with van der Waals surface area (Å²) in [6, 6.07) is 2.15. The molecule has 12 heavy (non-hydrogen) atoms. The fourth-order valence-electron chi connectivity index (χ4n) is 1.02. The highest BCUT2D eigenvalue weighted by atomic mass is 16.2. The summed E-state index contributed by atoms with van der Waals surface area (Å²) < 4.78 is 0. The van der Waals surface area contributed by atoms with Crippen LogP contribution < -0.4 is 5.32 Å². The number of hydrogen-bond donors (Lipinski definition) is 2. The molecule has 4 heteroatoms. The van der Waals surface area contributed by atoms with Crippen molar-refractivity contribution in [1.82, 2.24) is 15.5 Å². The lowest BCUT2D eigenvalue weighted by Crippen LogP contribution is -2.25. The van der Waals surface area contributed by atoms with Gasteiger partial charge in [-0.25, -0.2) is 0 Å². The SMILES string of the molecule is Cc1cc(C(=O)NC2CC2)n[nH]1. The average Bonchev–Trinajstić information content (AvgIpc) is 2.72. The lowest BCUT2D eigenvalue weighted by molar-refractivity contribution is 0.0946. The van der Waals surface area contributed by atoms with E-state index in [-0.39, 0.29) is 5.91 Å². The molecule has 64 valence electrons. The molecule has 0 spiro atoms. The Morgan fingerprint density at radius 1 is 1.75 bits per heavy atom. The van der Waals surface area contributed by atoms with Crippen LogP contribution in [0.4, 0.5) is 0 Å². The van der Waals surface area contributed by atoms with Crippen LogP contribution in [0.5, 0.6) is 0 Å². The van der Waals surface area contributed by atoms with Crippen LogP contribution in [0.1, 0.15) is 29.0 Å². The van der Waals surface area contributed by atoms with Crippen molar-refractivity contribution in [3.8, 4) is 0 Å². The number of carbonyl (C=O) groups is 1. The number of rotatable bonds is 2. The zero-order valence-corrected chi connectivity index (χ0v) is 6.92. The first kappa shape index (κ1) is 7.34. The number of amides is 1. The summed E-state index contributed by atoms with van der Waals surface area (Å²) in [6.07, 6.45) is 2.21. The summed E-state index contributed by atoms with van der Waals surface area (Å²) in [5, 5.41) is 9.45. The van der Waals surface area contributed by atoms with Crippen molar-refractivity contribution in [3.05, 3.63) is 17.5 Å². The molecule has 1 saturated carbocycles. The van der Waals surface area contributed by atoms with Crippen LogP contribution in [0.3, 0.4) is 0 Å².